The molecule has 0 aliphatic heterocycles. The lowest BCUT2D eigenvalue weighted by atomic mass is 10.1. The Balaban J connectivity index is 1.74. The molecule has 0 saturated carbocycles. The number of carbonyl (C=O) groups is 1. The van der Waals surface area contributed by atoms with E-state index in [0.29, 0.717) is 5.56 Å². The van der Waals surface area contributed by atoms with Gasteiger partial charge < -0.3 is 14.4 Å². The van der Waals surface area contributed by atoms with Crippen LogP contribution < -0.4 is 0 Å². The van der Waals surface area contributed by atoms with Crippen LogP contribution in [0.3, 0.4) is 0 Å². The molecule has 176 valence electrons. The van der Waals surface area contributed by atoms with Crippen molar-refractivity contribution in [1.82, 2.24) is 4.57 Å². The van der Waals surface area contributed by atoms with Crippen LogP contribution in [0.25, 0.3) is 28.2 Å². The Labute approximate surface area is 209 Å². The summed E-state index contributed by atoms with van der Waals surface area (Å²) in [5, 5.41) is 9.61. The summed E-state index contributed by atoms with van der Waals surface area (Å²) in [4.78, 5) is 16.7. The SMILES string of the molecule is COC(=O)c1ccc(-n2c(-c3ccccc3)cc(C=Nc3ccc(O)cc3)c2-c2ccccc2)cc1. The maximum Gasteiger partial charge on any atom is 0.337 e. The molecule has 1 heterocycles. The van der Waals surface area contributed by atoms with Gasteiger partial charge in [0.1, 0.15) is 5.75 Å². The predicted octanol–water partition coefficient (Wildman–Crippen LogP) is 7.05. The van der Waals surface area contributed by atoms with Gasteiger partial charge in [-0.05, 0) is 65.7 Å². The van der Waals surface area contributed by atoms with Crippen LogP contribution in [0.2, 0.25) is 0 Å². The van der Waals surface area contributed by atoms with E-state index in [4.69, 9.17) is 4.74 Å². The van der Waals surface area contributed by atoms with Crippen LogP contribution in [0, 0.1) is 0 Å². The Morgan fingerprint density at radius 2 is 1.42 bits per heavy atom. The normalized spacial score (nSPS) is 11.0. The van der Waals surface area contributed by atoms with Crippen molar-refractivity contribution in [3.63, 3.8) is 0 Å². The Hall–Kier alpha value is -4.90. The van der Waals surface area contributed by atoms with Crippen molar-refractivity contribution in [2.24, 2.45) is 4.99 Å². The molecule has 0 aliphatic carbocycles. The summed E-state index contributed by atoms with van der Waals surface area (Å²) in [6.07, 6.45) is 1.85. The fraction of sp³-hybridized carbons (Fsp3) is 0.0323. The van der Waals surface area contributed by atoms with Gasteiger partial charge >= 0.3 is 5.97 Å². The maximum atomic E-state index is 12.0. The van der Waals surface area contributed by atoms with Gasteiger partial charge in [-0.3, -0.25) is 4.99 Å². The Kier molecular flexibility index (Phi) is 6.45. The van der Waals surface area contributed by atoms with Gasteiger partial charge in [-0.2, -0.15) is 0 Å². The number of carbonyl (C=O) groups excluding carboxylic acids is 1. The largest absolute Gasteiger partial charge is 0.508 e. The van der Waals surface area contributed by atoms with Crippen molar-refractivity contribution in [2.45, 2.75) is 0 Å². The molecule has 0 radical (unpaired) electrons. The second-order valence-corrected chi connectivity index (χ2v) is 8.21. The number of benzene rings is 4. The van der Waals surface area contributed by atoms with Crippen molar-refractivity contribution in [3.05, 3.63) is 126 Å². The zero-order valence-corrected chi connectivity index (χ0v) is 19.7. The zero-order chi connectivity index (χ0) is 24.9. The molecule has 5 aromatic rings. The van der Waals surface area contributed by atoms with Crippen LogP contribution >= 0.6 is 0 Å². The van der Waals surface area contributed by atoms with Crippen molar-refractivity contribution in [1.29, 1.82) is 0 Å². The molecule has 4 aromatic carbocycles. The minimum absolute atomic E-state index is 0.201. The topological polar surface area (TPSA) is 63.8 Å². The minimum Gasteiger partial charge on any atom is -0.508 e. The molecule has 0 fully saturated rings. The molecule has 0 aliphatic rings. The number of methoxy groups -OCH3 is 1. The Bertz CT molecular complexity index is 1500. The monoisotopic (exact) mass is 472 g/mol. The van der Waals surface area contributed by atoms with Crippen molar-refractivity contribution in [3.8, 4) is 34.0 Å². The van der Waals surface area contributed by atoms with Crippen molar-refractivity contribution >= 4 is 17.9 Å². The smallest absolute Gasteiger partial charge is 0.337 e. The summed E-state index contributed by atoms with van der Waals surface area (Å²) < 4.78 is 7.06. The summed E-state index contributed by atoms with van der Waals surface area (Å²) in [7, 11) is 1.38. The molecule has 0 atom stereocenters. The highest BCUT2D eigenvalue weighted by molar-refractivity contribution is 5.95. The van der Waals surface area contributed by atoms with Crippen LogP contribution in [-0.4, -0.2) is 29.0 Å². The lowest BCUT2D eigenvalue weighted by molar-refractivity contribution is 0.0600. The average Bonchev–Trinajstić information content (AvgIpc) is 3.33. The highest BCUT2D eigenvalue weighted by atomic mass is 16.5. The Morgan fingerprint density at radius 1 is 0.806 bits per heavy atom. The number of aromatic hydroxyl groups is 1. The van der Waals surface area contributed by atoms with E-state index in [-0.39, 0.29) is 11.7 Å². The van der Waals surface area contributed by atoms with Gasteiger partial charge in [-0.15, -0.1) is 0 Å². The summed E-state index contributed by atoms with van der Waals surface area (Å²) in [6, 6.07) is 36.6. The van der Waals surface area contributed by atoms with Crippen molar-refractivity contribution < 1.29 is 14.6 Å². The van der Waals surface area contributed by atoms with E-state index in [0.717, 1.165) is 39.5 Å². The summed E-state index contributed by atoms with van der Waals surface area (Å²) in [5.74, 6) is -0.172. The summed E-state index contributed by atoms with van der Waals surface area (Å²) in [6.45, 7) is 0. The Morgan fingerprint density at radius 3 is 2.03 bits per heavy atom. The van der Waals surface area contributed by atoms with E-state index >= 15 is 0 Å². The van der Waals surface area contributed by atoms with Gasteiger partial charge in [0.15, 0.2) is 0 Å². The quantitative estimate of drug-likeness (QED) is 0.213. The van der Waals surface area contributed by atoms with Crippen LogP contribution in [0.15, 0.2) is 120 Å². The molecular formula is C31H24N2O3. The number of nitrogens with zero attached hydrogens (tertiary/aromatic N) is 2. The second kappa shape index (κ2) is 10.2. The van der Waals surface area contributed by atoms with Crippen molar-refractivity contribution in [2.75, 3.05) is 7.11 Å². The maximum absolute atomic E-state index is 12.0. The molecule has 1 N–H and O–H groups in total. The zero-order valence-electron chi connectivity index (χ0n) is 19.7. The number of phenols is 1. The molecule has 0 unspecified atom stereocenters. The summed E-state index contributed by atoms with van der Waals surface area (Å²) in [5.41, 5.74) is 7.12. The second-order valence-electron chi connectivity index (χ2n) is 8.21. The highest BCUT2D eigenvalue weighted by Crippen LogP contribution is 2.35. The molecule has 5 rings (SSSR count). The molecular weight excluding hydrogens is 448 g/mol. The number of hydrogen-bond donors (Lipinski definition) is 1. The van der Waals surface area contributed by atoms with Gasteiger partial charge in [-0.25, -0.2) is 4.79 Å². The van der Waals surface area contributed by atoms with E-state index < -0.39 is 0 Å². The predicted molar refractivity (Wildman–Crippen MR) is 143 cm³/mol. The van der Waals surface area contributed by atoms with Crippen LogP contribution in [0.4, 0.5) is 5.69 Å². The summed E-state index contributed by atoms with van der Waals surface area (Å²) >= 11 is 0. The first kappa shape index (κ1) is 22.9. The molecule has 0 spiro atoms. The van der Waals surface area contributed by atoms with Crippen LogP contribution in [-0.2, 0) is 4.74 Å². The van der Waals surface area contributed by atoms with Gasteiger partial charge in [0, 0.05) is 17.5 Å². The first-order valence-electron chi connectivity index (χ1n) is 11.5. The lowest BCUT2D eigenvalue weighted by Crippen LogP contribution is -2.03. The molecule has 0 amide bonds. The van der Waals surface area contributed by atoms with Crippen LogP contribution in [0.5, 0.6) is 5.75 Å². The standard InChI is InChI=1S/C31H24N2O3/c1-36-31(35)24-12-16-27(17-13-24)33-29(22-8-4-2-5-9-22)20-25(30(33)23-10-6-3-7-11-23)21-32-26-14-18-28(34)19-15-26/h2-21,34H,1H3. The lowest BCUT2D eigenvalue weighted by Gasteiger charge is -2.15. The van der Waals surface area contributed by atoms with Gasteiger partial charge in [0.2, 0.25) is 0 Å². The van der Waals surface area contributed by atoms with E-state index in [1.165, 1.54) is 7.11 Å². The highest BCUT2D eigenvalue weighted by Gasteiger charge is 2.19. The van der Waals surface area contributed by atoms with Gasteiger partial charge in [0.25, 0.3) is 0 Å². The number of aromatic nitrogens is 1. The van der Waals surface area contributed by atoms with E-state index in [2.05, 4.69) is 39.9 Å². The van der Waals surface area contributed by atoms with E-state index in [9.17, 15) is 9.90 Å². The van der Waals surface area contributed by atoms with E-state index in [1.807, 2.05) is 54.7 Å². The van der Waals surface area contributed by atoms with Gasteiger partial charge in [0.05, 0.1) is 29.7 Å². The third-order valence-corrected chi connectivity index (χ3v) is 5.90. The molecule has 5 heteroatoms. The van der Waals surface area contributed by atoms with Gasteiger partial charge in [-0.1, -0.05) is 60.7 Å². The fourth-order valence-electron chi connectivity index (χ4n) is 4.16. The number of phenolic OH excluding ortho intramolecular Hbond substituents is 1. The molecule has 5 nitrogen and oxygen atoms in total. The third kappa shape index (κ3) is 4.68. The number of hydrogen-bond acceptors (Lipinski definition) is 4. The first-order valence-corrected chi connectivity index (χ1v) is 11.5. The minimum atomic E-state index is -0.373. The average molecular weight is 473 g/mol. The number of esters is 1. The fourth-order valence-corrected chi connectivity index (χ4v) is 4.16. The van der Waals surface area contributed by atoms with E-state index in [1.54, 1.807) is 36.4 Å². The first-order chi connectivity index (χ1) is 17.6. The molecule has 0 bridgehead atoms. The number of aliphatic imine (C=N–C) groups is 1. The molecule has 1 aromatic heterocycles. The molecule has 0 saturated heterocycles. The third-order valence-electron chi connectivity index (χ3n) is 5.90. The molecule has 36 heavy (non-hydrogen) atoms. The number of rotatable bonds is 6. The van der Waals surface area contributed by atoms with Crippen LogP contribution in [0.1, 0.15) is 15.9 Å². The number of ether oxygens (including phenoxy) is 1.